The lowest BCUT2D eigenvalue weighted by Crippen LogP contribution is -2.62. The lowest BCUT2D eigenvalue weighted by Gasteiger charge is -2.42. The number of hydrogen-bond donors (Lipinski definition) is 3. The molecule has 1 fully saturated rings. The molecule has 158 valence electrons. The van der Waals surface area contributed by atoms with Crippen molar-refractivity contribution < 1.29 is 33.3 Å². The number of halogens is 2. The van der Waals surface area contributed by atoms with E-state index in [1.165, 1.54) is 4.90 Å². The first kappa shape index (κ1) is 22.5. The highest BCUT2D eigenvalue weighted by molar-refractivity contribution is 5.69. The fraction of sp³-hybridized carbons (Fsp3) is 0.632. The van der Waals surface area contributed by atoms with Gasteiger partial charge in [-0.2, -0.15) is 0 Å². The van der Waals surface area contributed by atoms with Crippen molar-refractivity contribution in [2.45, 2.75) is 57.1 Å². The molecule has 4 unspecified atom stereocenters. The number of amides is 1. The van der Waals surface area contributed by atoms with E-state index in [0.29, 0.717) is 0 Å². The number of benzene rings is 1. The van der Waals surface area contributed by atoms with E-state index in [0.717, 1.165) is 18.2 Å². The number of nitrogens with two attached hydrogens (primary N) is 1. The fourth-order valence-electron chi connectivity index (χ4n) is 3.06. The minimum Gasteiger partial charge on any atom is -0.444 e. The minimum atomic E-state index is -1.24. The Labute approximate surface area is 163 Å². The van der Waals surface area contributed by atoms with Crippen LogP contribution in [0.25, 0.3) is 0 Å². The second-order valence-corrected chi connectivity index (χ2v) is 7.97. The molecule has 0 aliphatic carbocycles. The number of carbonyl (C=O) groups is 1. The summed E-state index contributed by atoms with van der Waals surface area (Å²) in [6.07, 6.45) is -2.51. The molecular weight excluding hydrogens is 374 g/mol. The number of aliphatic hydroxyl groups is 2. The van der Waals surface area contributed by atoms with Crippen LogP contribution in [0.2, 0.25) is 0 Å². The van der Waals surface area contributed by atoms with Gasteiger partial charge >= 0.3 is 6.09 Å². The Morgan fingerprint density at radius 1 is 1.36 bits per heavy atom. The molecule has 1 saturated heterocycles. The molecule has 9 heteroatoms. The van der Waals surface area contributed by atoms with Crippen molar-refractivity contribution in [2.24, 2.45) is 5.73 Å². The Morgan fingerprint density at radius 3 is 2.50 bits per heavy atom. The highest BCUT2D eigenvalue weighted by atomic mass is 19.1. The summed E-state index contributed by atoms with van der Waals surface area (Å²) in [5.74, 6) is -1.47. The van der Waals surface area contributed by atoms with Gasteiger partial charge in [-0.25, -0.2) is 13.6 Å². The topological polar surface area (TPSA) is 105 Å². The van der Waals surface area contributed by atoms with E-state index in [-0.39, 0.29) is 31.7 Å². The smallest absolute Gasteiger partial charge is 0.410 e. The number of aliphatic hydroxyl groups excluding tert-OH is 2. The zero-order valence-electron chi connectivity index (χ0n) is 16.3. The Hall–Kier alpha value is -1.81. The average Bonchev–Trinajstić information content (AvgIpc) is 2.58. The summed E-state index contributed by atoms with van der Waals surface area (Å²) in [7, 11) is 0. The third kappa shape index (κ3) is 6.10. The molecule has 1 heterocycles. The van der Waals surface area contributed by atoms with Gasteiger partial charge in [0.2, 0.25) is 0 Å². The number of hydrogen-bond acceptors (Lipinski definition) is 6. The number of nitrogens with zero attached hydrogens (tertiary/aromatic N) is 1. The van der Waals surface area contributed by atoms with E-state index in [1.807, 2.05) is 0 Å². The maximum absolute atomic E-state index is 13.4. The lowest BCUT2D eigenvalue weighted by atomic mass is 9.95. The lowest BCUT2D eigenvalue weighted by molar-refractivity contribution is -0.113. The van der Waals surface area contributed by atoms with Gasteiger partial charge in [0.05, 0.1) is 38.0 Å². The summed E-state index contributed by atoms with van der Waals surface area (Å²) in [6, 6.07) is 1.29. The van der Waals surface area contributed by atoms with Crippen molar-refractivity contribution in [3.63, 3.8) is 0 Å². The van der Waals surface area contributed by atoms with E-state index in [2.05, 4.69) is 0 Å². The SMILES string of the molecule is CC(C)(C)OC(=O)N1CC(CO)OCC1C(O)C(N)Cc1cc(F)cc(F)c1. The van der Waals surface area contributed by atoms with Crippen LogP contribution in [-0.4, -0.2) is 70.9 Å². The summed E-state index contributed by atoms with van der Waals surface area (Å²) < 4.78 is 37.6. The predicted molar refractivity (Wildman–Crippen MR) is 97.6 cm³/mol. The number of morpholine rings is 1. The maximum atomic E-state index is 13.4. The van der Waals surface area contributed by atoms with Crippen molar-refractivity contribution in [1.82, 2.24) is 4.90 Å². The fourth-order valence-corrected chi connectivity index (χ4v) is 3.06. The van der Waals surface area contributed by atoms with Gasteiger partial charge in [-0.1, -0.05) is 0 Å². The van der Waals surface area contributed by atoms with Crippen LogP contribution in [0.5, 0.6) is 0 Å². The minimum absolute atomic E-state index is 0.00205. The maximum Gasteiger partial charge on any atom is 0.410 e. The molecule has 1 aromatic carbocycles. The summed E-state index contributed by atoms with van der Waals surface area (Å²) in [4.78, 5) is 13.9. The largest absolute Gasteiger partial charge is 0.444 e. The summed E-state index contributed by atoms with van der Waals surface area (Å²) in [5, 5.41) is 20.1. The third-order valence-electron chi connectivity index (χ3n) is 4.36. The van der Waals surface area contributed by atoms with Crippen molar-refractivity contribution in [2.75, 3.05) is 19.8 Å². The average molecular weight is 402 g/mol. The van der Waals surface area contributed by atoms with E-state index >= 15 is 0 Å². The zero-order chi connectivity index (χ0) is 21.1. The molecule has 4 atom stereocenters. The monoisotopic (exact) mass is 402 g/mol. The quantitative estimate of drug-likeness (QED) is 0.683. The molecule has 0 spiro atoms. The Kier molecular flexibility index (Phi) is 7.33. The second-order valence-electron chi connectivity index (χ2n) is 7.97. The molecular formula is C19H28F2N2O5. The van der Waals surface area contributed by atoms with Gasteiger partial charge < -0.3 is 25.4 Å². The van der Waals surface area contributed by atoms with Gasteiger partial charge in [-0.3, -0.25) is 4.90 Å². The number of ether oxygens (including phenoxy) is 2. The van der Waals surface area contributed by atoms with Gasteiger partial charge in [0.25, 0.3) is 0 Å². The van der Waals surface area contributed by atoms with Gasteiger partial charge in [0.15, 0.2) is 0 Å². The first-order valence-electron chi connectivity index (χ1n) is 9.11. The highest BCUT2D eigenvalue weighted by Crippen LogP contribution is 2.21. The molecule has 1 aliphatic rings. The number of carbonyl (C=O) groups excluding carboxylic acids is 1. The van der Waals surface area contributed by atoms with E-state index in [4.69, 9.17) is 15.2 Å². The molecule has 28 heavy (non-hydrogen) atoms. The third-order valence-corrected chi connectivity index (χ3v) is 4.36. The number of rotatable bonds is 5. The van der Waals surface area contributed by atoms with Crippen molar-refractivity contribution >= 4 is 6.09 Å². The molecule has 0 bridgehead atoms. The molecule has 0 radical (unpaired) electrons. The molecule has 0 aromatic heterocycles. The van der Waals surface area contributed by atoms with E-state index in [1.54, 1.807) is 20.8 Å². The Bertz CT molecular complexity index is 663. The Balaban J connectivity index is 2.14. The van der Waals surface area contributed by atoms with Gasteiger partial charge in [-0.05, 0) is 44.9 Å². The van der Waals surface area contributed by atoms with Crippen LogP contribution in [0.15, 0.2) is 18.2 Å². The molecule has 1 amide bonds. The summed E-state index contributed by atoms with van der Waals surface area (Å²) in [5.41, 5.74) is 5.60. The molecule has 2 rings (SSSR count). The first-order chi connectivity index (χ1) is 13.0. The van der Waals surface area contributed by atoms with Crippen molar-refractivity contribution in [3.05, 3.63) is 35.4 Å². The summed E-state index contributed by atoms with van der Waals surface area (Å²) in [6.45, 7) is 4.81. The van der Waals surface area contributed by atoms with Gasteiger partial charge in [0.1, 0.15) is 17.2 Å². The van der Waals surface area contributed by atoms with Crippen LogP contribution >= 0.6 is 0 Å². The molecule has 0 saturated carbocycles. The van der Waals surface area contributed by atoms with Crippen molar-refractivity contribution in [1.29, 1.82) is 0 Å². The van der Waals surface area contributed by atoms with Gasteiger partial charge in [-0.15, -0.1) is 0 Å². The van der Waals surface area contributed by atoms with E-state index in [9.17, 15) is 23.8 Å². The van der Waals surface area contributed by atoms with Crippen LogP contribution in [-0.2, 0) is 15.9 Å². The molecule has 1 aromatic rings. The molecule has 4 N–H and O–H groups in total. The van der Waals surface area contributed by atoms with Crippen LogP contribution in [0.3, 0.4) is 0 Å². The van der Waals surface area contributed by atoms with Crippen LogP contribution in [0.1, 0.15) is 26.3 Å². The summed E-state index contributed by atoms with van der Waals surface area (Å²) >= 11 is 0. The van der Waals surface area contributed by atoms with Gasteiger partial charge in [0, 0.05) is 12.1 Å². The van der Waals surface area contributed by atoms with Crippen LogP contribution in [0.4, 0.5) is 13.6 Å². The normalized spacial score (nSPS) is 22.6. The first-order valence-corrected chi connectivity index (χ1v) is 9.11. The predicted octanol–water partition coefficient (Wildman–Crippen LogP) is 1.19. The molecule has 1 aliphatic heterocycles. The highest BCUT2D eigenvalue weighted by Gasteiger charge is 2.40. The zero-order valence-corrected chi connectivity index (χ0v) is 16.3. The molecule has 7 nitrogen and oxygen atoms in total. The standard InChI is InChI=1S/C19H28F2N2O5/c1-19(2,3)28-18(26)23-8-14(9-24)27-10-16(23)17(25)15(22)6-11-4-12(20)7-13(21)5-11/h4-5,7,14-17,24-25H,6,8-10,22H2,1-3H3. The van der Waals surface area contributed by atoms with Crippen molar-refractivity contribution in [3.8, 4) is 0 Å². The van der Waals surface area contributed by atoms with Crippen LogP contribution < -0.4 is 5.73 Å². The van der Waals surface area contributed by atoms with E-state index < -0.39 is 47.6 Å². The Morgan fingerprint density at radius 2 is 1.96 bits per heavy atom. The van der Waals surface area contributed by atoms with Crippen LogP contribution in [0, 0.1) is 11.6 Å². The second kappa shape index (κ2) is 9.13.